The molecule has 288 valence electrons. The van der Waals surface area contributed by atoms with Gasteiger partial charge in [-0.2, -0.15) is 0 Å². The standard InChI is InChI=1S/C41H58ClFN8O2/c1-45-40-36(26-37(42)38(39(40)43)35-25-33(52)24-30-10-3-4-11-34(30)35)41(51-27-31-12-13-32(28-51)47-31)46-29-53-23-9-16-48(2)15-7-8-18-50-21-19-49(20-22-50)17-6-5-14-44/h3-4,10-11,24-26,31-32,47,52H,1,5-9,12-23,27-29,44H2,2H3. The summed E-state index contributed by atoms with van der Waals surface area (Å²) in [6.07, 6.45) is 7.83. The maximum atomic E-state index is 16.6. The molecule has 0 radical (unpaired) electrons. The van der Waals surface area contributed by atoms with Crippen LogP contribution in [0, 0.1) is 5.82 Å². The van der Waals surface area contributed by atoms with Crippen molar-refractivity contribution < 1.29 is 14.2 Å². The number of nitrogens with two attached hydrogens (primary N) is 1. The lowest BCUT2D eigenvalue weighted by atomic mass is 9.95. The van der Waals surface area contributed by atoms with Gasteiger partial charge < -0.3 is 40.5 Å². The summed E-state index contributed by atoms with van der Waals surface area (Å²) in [5.74, 6) is 0.0525. The molecular formula is C41H58ClFN8O2. The van der Waals surface area contributed by atoms with Gasteiger partial charge in [-0.15, -0.1) is 0 Å². The summed E-state index contributed by atoms with van der Waals surface area (Å²) >= 11 is 6.93. The zero-order valence-corrected chi connectivity index (χ0v) is 32.2. The van der Waals surface area contributed by atoms with Gasteiger partial charge in [0, 0.05) is 69.0 Å². The number of likely N-dealkylation sites (tertiary alicyclic amines) is 1. The molecule has 2 bridgehead atoms. The lowest BCUT2D eigenvalue weighted by Crippen LogP contribution is -2.53. The summed E-state index contributed by atoms with van der Waals surface area (Å²) < 4.78 is 22.7. The number of rotatable bonds is 18. The van der Waals surface area contributed by atoms with Gasteiger partial charge in [-0.3, -0.25) is 4.99 Å². The number of hydrogen-bond donors (Lipinski definition) is 3. The topological polar surface area (TPSA) is 105 Å². The maximum Gasteiger partial charge on any atom is 0.158 e. The van der Waals surface area contributed by atoms with Gasteiger partial charge in [-0.1, -0.05) is 35.9 Å². The molecule has 2 atom stereocenters. The molecule has 3 aromatic rings. The van der Waals surface area contributed by atoms with E-state index in [9.17, 15) is 5.11 Å². The number of amidine groups is 1. The maximum absolute atomic E-state index is 16.6. The molecule has 0 amide bonds. The average Bonchev–Trinajstić information content (AvgIpc) is 3.50. The number of unbranched alkanes of at least 4 members (excludes halogenated alkanes) is 2. The van der Waals surface area contributed by atoms with E-state index in [1.807, 2.05) is 24.3 Å². The predicted molar refractivity (Wildman–Crippen MR) is 217 cm³/mol. The van der Waals surface area contributed by atoms with E-state index < -0.39 is 5.82 Å². The Morgan fingerprint density at radius 2 is 1.68 bits per heavy atom. The van der Waals surface area contributed by atoms with Gasteiger partial charge >= 0.3 is 0 Å². The second-order valence-electron chi connectivity index (χ2n) is 14.9. The Kier molecular flexibility index (Phi) is 14.5. The first-order valence-corrected chi connectivity index (χ1v) is 19.9. The van der Waals surface area contributed by atoms with E-state index in [1.54, 1.807) is 18.2 Å². The highest BCUT2D eigenvalue weighted by Gasteiger charge is 2.35. The molecule has 3 fully saturated rings. The van der Waals surface area contributed by atoms with Crippen LogP contribution in [-0.2, 0) is 4.74 Å². The van der Waals surface area contributed by atoms with Crippen LogP contribution in [-0.4, -0.2) is 142 Å². The third kappa shape index (κ3) is 10.3. The number of hydrogen-bond acceptors (Lipinski definition) is 9. The lowest BCUT2D eigenvalue weighted by Gasteiger charge is -2.35. The van der Waals surface area contributed by atoms with Crippen LogP contribution in [0.3, 0.4) is 0 Å². The second kappa shape index (κ2) is 19.4. The Labute approximate surface area is 319 Å². The molecule has 10 nitrogen and oxygen atoms in total. The van der Waals surface area contributed by atoms with Crippen molar-refractivity contribution in [3.8, 4) is 16.9 Å². The summed E-state index contributed by atoms with van der Waals surface area (Å²) in [5.41, 5.74) is 6.89. The molecule has 3 aliphatic rings. The Hall–Kier alpha value is -3.16. The van der Waals surface area contributed by atoms with Gasteiger partial charge in [0.05, 0.1) is 11.6 Å². The summed E-state index contributed by atoms with van der Waals surface area (Å²) in [4.78, 5) is 18.9. The third-order valence-electron chi connectivity index (χ3n) is 11.0. The quantitative estimate of drug-likeness (QED) is 0.0834. The molecule has 3 saturated heterocycles. The van der Waals surface area contributed by atoms with E-state index in [1.165, 1.54) is 58.5 Å². The average molecular weight is 749 g/mol. The fraction of sp³-hybridized carbons (Fsp3) is 0.561. The molecule has 0 aromatic heterocycles. The van der Waals surface area contributed by atoms with Crippen LogP contribution in [0.15, 0.2) is 52.4 Å². The molecule has 0 spiro atoms. The number of fused-ring (bicyclic) bond motifs is 3. The van der Waals surface area contributed by atoms with Gasteiger partial charge in [-0.05, 0) is 119 Å². The Bertz CT molecular complexity index is 1690. The number of aliphatic imine (C=N–C) groups is 2. The Morgan fingerprint density at radius 3 is 2.38 bits per heavy atom. The molecule has 12 heteroatoms. The molecule has 3 aromatic carbocycles. The largest absolute Gasteiger partial charge is 0.508 e. The number of benzene rings is 3. The number of ether oxygens (including phenoxy) is 1. The Balaban J connectivity index is 1.04. The number of halogens is 2. The molecule has 3 heterocycles. The van der Waals surface area contributed by atoms with Crippen LogP contribution in [0.2, 0.25) is 5.02 Å². The van der Waals surface area contributed by atoms with Gasteiger partial charge in [0.2, 0.25) is 0 Å². The monoisotopic (exact) mass is 748 g/mol. The van der Waals surface area contributed by atoms with E-state index in [0.29, 0.717) is 35.7 Å². The zero-order chi connectivity index (χ0) is 37.2. The molecule has 2 unspecified atom stereocenters. The molecular weight excluding hydrogens is 691 g/mol. The van der Waals surface area contributed by atoms with Crippen molar-refractivity contribution in [2.75, 3.05) is 92.4 Å². The number of nitrogens with one attached hydrogen (secondary N) is 1. The minimum absolute atomic E-state index is 0.0305. The van der Waals surface area contributed by atoms with Gasteiger partial charge in [0.25, 0.3) is 0 Å². The van der Waals surface area contributed by atoms with E-state index in [-0.39, 0.29) is 28.8 Å². The molecule has 0 saturated carbocycles. The number of nitrogens with zero attached hydrogens (tertiary/aromatic N) is 6. The highest BCUT2D eigenvalue weighted by atomic mass is 35.5. The van der Waals surface area contributed by atoms with Crippen LogP contribution in [0.25, 0.3) is 21.9 Å². The van der Waals surface area contributed by atoms with Crippen molar-refractivity contribution in [3.63, 3.8) is 0 Å². The van der Waals surface area contributed by atoms with Gasteiger partial charge in [-0.25, -0.2) is 9.38 Å². The van der Waals surface area contributed by atoms with Crippen LogP contribution < -0.4 is 11.1 Å². The van der Waals surface area contributed by atoms with E-state index in [0.717, 1.165) is 69.2 Å². The summed E-state index contributed by atoms with van der Waals surface area (Å²) in [6.45, 7) is 15.9. The first kappa shape index (κ1) is 39.5. The summed E-state index contributed by atoms with van der Waals surface area (Å²) in [6, 6.07) is 13.2. The number of piperazine rings is 2. The van der Waals surface area contributed by atoms with E-state index >= 15 is 4.39 Å². The van der Waals surface area contributed by atoms with Crippen molar-refractivity contribution in [1.82, 2.24) is 24.9 Å². The highest BCUT2D eigenvalue weighted by Crippen LogP contribution is 2.43. The van der Waals surface area contributed by atoms with Crippen LogP contribution >= 0.6 is 11.6 Å². The van der Waals surface area contributed by atoms with Crippen LogP contribution in [0.5, 0.6) is 5.75 Å². The molecule has 6 rings (SSSR count). The van der Waals surface area contributed by atoms with E-state index in [4.69, 9.17) is 27.1 Å². The lowest BCUT2D eigenvalue weighted by molar-refractivity contribution is 0.125. The van der Waals surface area contributed by atoms with E-state index in [2.05, 4.69) is 43.7 Å². The van der Waals surface area contributed by atoms with Crippen molar-refractivity contribution in [3.05, 3.63) is 58.9 Å². The number of aromatic hydroxyl groups is 1. The number of phenolic OH excluding ortho intramolecular Hbond substituents is 1. The minimum Gasteiger partial charge on any atom is -0.508 e. The van der Waals surface area contributed by atoms with Gasteiger partial charge in [0.15, 0.2) is 5.82 Å². The predicted octanol–water partition coefficient (Wildman–Crippen LogP) is 5.95. The minimum atomic E-state index is -0.593. The molecule has 0 aliphatic carbocycles. The fourth-order valence-electron chi connectivity index (χ4n) is 8.16. The Morgan fingerprint density at radius 1 is 1.00 bits per heavy atom. The van der Waals surface area contributed by atoms with Crippen LogP contribution in [0.4, 0.5) is 10.1 Å². The molecule has 3 aliphatic heterocycles. The summed E-state index contributed by atoms with van der Waals surface area (Å²) in [5, 5.41) is 16.0. The normalized spacial score (nSPS) is 19.9. The SMILES string of the molecule is C=Nc1c(C(=NCOCCCN(C)CCCCN2CCN(CCCCN)CC2)N2CC3CCC(C2)N3)cc(Cl)c(-c2cc(O)cc3ccccc23)c1F. The van der Waals surface area contributed by atoms with Crippen molar-refractivity contribution in [2.24, 2.45) is 15.7 Å². The second-order valence-corrected chi connectivity index (χ2v) is 15.3. The summed E-state index contributed by atoms with van der Waals surface area (Å²) in [7, 11) is 2.18. The molecule has 53 heavy (non-hydrogen) atoms. The van der Waals surface area contributed by atoms with Crippen LogP contribution in [0.1, 0.15) is 50.5 Å². The fourth-order valence-corrected chi connectivity index (χ4v) is 8.45. The first-order valence-electron chi connectivity index (χ1n) is 19.5. The number of phenols is 1. The van der Waals surface area contributed by atoms with Crippen molar-refractivity contribution in [1.29, 1.82) is 0 Å². The third-order valence-corrected chi connectivity index (χ3v) is 11.3. The van der Waals surface area contributed by atoms with Crippen molar-refractivity contribution >= 4 is 40.6 Å². The highest BCUT2D eigenvalue weighted by molar-refractivity contribution is 6.34. The van der Waals surface area contributed by atoms with Crippen molar-refractivity contribution in [2.45, 2.75) is 57.0 Å². The first-order chi connectivity index (χ1) is 25.8. The molecule has 4 N–H and O–H groups in total. The zero-order valence-electron chi connectivity index (χ0n) is 31.4. The van der Waals surface area contributed by atoms with Gasteiger partial charge in [0.1, 0.15) is 24.0 Å². The smallest absolute Gasteiger partial charge is 0.158 e.